The molecule has 2 amide bonds. The molecule has 1 heterocycles. The molecule has 0 bridgehead atoms. The van der Waals surface area contributed by atoms with E-state index in [-0.39, 0.29) is 6.42 Å². The molecule has 2 rings (SSSR count). The molecule has 6 heteroatoms. The number of nitrogens with zero attached hydrogens (tertiary/aromatic N) is 2. The predicted molar refractivity (Wildman–Crippen MR) is 79.5 cm³/mol. The van der Waals surface area contributed by atoms with Crippen LogP contribution in [0.4, 0.5) is 0 Å². The van der Waals surface area contributed by atoms with E-state index in [4.69, 9.17) is 11.0 Å². The van der Waals surface area contributed by atoms with Crippen LogP contribution in [0.5, 0.6) is 0 Å². The number of nitriles is 1. The fourth-order valence-electron chi connectivity index (χ4n) is 1.97. The average molecular weight is 294 g/mol. The van der Waals surface area contributed by atoms with Gasteiger partial charge in [0.25, 0.3) is 5.91 Å². The third kappa shape index (κ3) is 3.90. The van der Waals surface area contributed by atoms with Crippen LogP contribution in [0.1, 0.15) is 21.5 Å². The number of primary amides is 1. The van der Waals surface area contributed by atoms with E-state index in [0.717, 1.165) is 5.56 Å². The van der Waals surface area contributed by atoms with Crippen LogP contribution in [-0.2, 0) is 11.2 Å². The molecule has 1 aromatic carbocycles. The summed E-state index contributed by atoms with van der Waals surface area (Å²) in [4.78, 5) is 27.5. The molecule has 0 spiro atoms. The number of carbonyl (C=O) groups is 2. The first kappa shape index (κ1) is 15.2. The molecule has 0 aliphatic heterocycles. The predicted octanol–water partition coefficient (Wildman–Crippen LogP) is 0.780. The number of hydrogen-bond donors (Lipinski definition) is 2. The Bertz CT molecular complexity index is 722. The van der Waals surface area contributed by atoms with Crippen molar-refractivity contribution in [2.24, 2.45) is 5.73 Å². The van der Waals surface area contributed by atoms with Gasteiger partial charge in [0.2, 0.25) is 5.91 Å². The van der Waals surface area contributed by atoms with Crippen LogP contribution >= 0.6 is 0 Å². The summed E-state index contributed by atoms with van der Waals surface area (Å²) >= 11 is 0. The van der Waals surface area contributed by atoms with Gasteiger partial charge in [-0.3, -0.25) is 14.6 Å². The number of rotatable bonds is 5. The van der Waals surface area contributed by atoms with Crippen molar-refractivity contribution < 1.29 is 9.59 Å². The van der Waals surface area contributed by atoms with Gasteiger partial charge in [-0.05, 0) is 29.8 Å². The Morgan fingerprint density at radius 1 is 1.27 bits per heavy atom. The molecule has 0 saturated heterocycles. The maximum Gasteiger partial charge on any atom is 0.252 e. The molecule has 0 unspecified atom stereocenters. The molecule has 0 saturated carbocycles. The summed E-state index contributed by atoms with van der Waals surface area (Å²) < 4.78 is 0. The van der Waals surface area contributed by atoms with Crippen molar-refractivity contribution in [1.82, 2.24) is 10.3 Å². The van der Waals surface area contributed by atoms with Crippen LogP contribution in [0, 0.1) is 11.3 Å². The number of aromatic nitrogens is 1. The highest BCUT2D eigenvalue weighted by molar-refractivity contribution is 5.97. The number of benzene rings is 1. The van der Waals surface area contributed by atoms with Crippen LogP contribution in [0.25, 0.3) is 0 Å². The van der Waals surface area contributed by atoms with Crippen LogP contribution in [-0.4, -0.2) is 22.8 Å². The van der Waals surface area contributed by atoms with Crippen LogP contribution in [0.3, 0.4) is 0 Å². The first-order chi connectivity index (χ1) is 10.6. The lowest BCUT2D eigenvalue weighted by atomic mass is 10.0. The summed E-state index contributed by atoms with van der Waals surface area (Å²) in [6.07, 6.45) is 3.21. The third-order valence-corrected chi connectivity index (χ3v) is 3.09. The molecular weight excluding hydrogens is 280 g/mol. The maximum absolute atomic E-state index is 12.1. The van der Waals surface area contributed by atoms with Crippen molar-refractivity contribution in [3.8, 4) is 6.07 Å². The highest BCUT2D eigenvalue weighted by Gasteiger charge is 2.19. The van der Waals surface area contributed by atoms with Gasteiger partial charge in [-0.1, -0.05) is 12.1 Å². The summed E-state index contributed by atoms with van der Waals surface area (Å²) in [7, 11) is 0. The molecule has 6 nitrogen and oxygen atoms in total. The van der Waals surface area contributed by atoms with Crippen molar-refractivity contribution >= 4 is 11.8 Å². The van der Waals surface area contributed by atoms with Gasteiger partial charge in [0.15, 0.2) is 0 Å². The zero-order valence-electron chi connectivity index (χ0n) is 11.7. The van der Waals surface area contributed by atoms with Gasteiger partial charge in [-0.25, -0.2) is 0 Å². The standard InChI is InChI=1S/C16H14N4O2/c17-10-12-3-1-2-11(8-12)9-14(15(18)21)20-16(22)13-4-6-19-7-5-13/h1-8,14H,9H2,(H2,18,21)(H,20,22)/t14-/m1/s1. The summed E-state index contributed by atoms with van der Waals surface area (Å²) in [6.45, 7) is 0. The second-order valence-electron chi connectivity index (χ2n) is 4.68. The molecule has 1 aromatic heterocycles. The number of pyridine rings is 1. The van der Waals surface area contributed by atoms with E-state index in [1.807, 2.05) is 6.07 Å². The monoisotopic (exact) mass is 294 g/mol. The maximum atomic E-state index is 12.1. The van der Waals surface area contributed by atoms with Crippen molar-refractivity contribution in [1.29, 1.82) is 5.26 Å². The number of hydrogen-bond acceptors (Lipinski definition) is 4. The van der Waals surface area contributed by atoms with Crippen molar-refractivity contribution in [3.05, 3.63) is 65.5 Å². The van der Waals surface area contributed by atoms with E-state index >= 15 is 0 Å². The van der Waals surface area contributed by atoms with E-state index in [0.29, 0.717) is 11.1 Å². The Balaban J connectivity index is 2.12. The summed E-state index contributed by atoms with van der Waals surface area (Å²) in [5, 5.41) is 11.5. The minimum Gasteiger partial charge on any atom is -0.368 e. The van der Waals surface area contributed by atoms with Crippen molar-refractivity contribution in [2.75, 3.05) is 0 Å². The largest absolute Gasteiger partial charge is 0.368 e. The van der Waals surface area contributed by atoms with E-state index in [1.54, 1.807) is 36.4 Å². The molecule has 1 atom stereocenters. The van der Waals surface area contributed by atoms with E-state index in [9.17, 15) is 9.59 Å². The average Bonchev–Trinajstić information content (AvgIpc) is 2.55. The number of amides is 2. The fourth-order valence-corrected chi connectivity index (χ4v) is 1.97. The van der Waals surface area contributed by atoms with Gasteiger partial charge in [0.05, 0.1) is 11.6 Å². The Labute approximate surface area is 127 Å². The van der Waals surface area contributed by atoms with Gasteiger partial charge >= 0.3 is 0 Å². The topological polar surface area (TPSA) is 109 Å². The lowest BCUT2D eigenvalue weighted by molar-refractivity contribution is -0.119. The summed E-state index contributed by atoms with van der Waals surface area (Å²) in [5.74, 6) is -1.03. The zero-order valence-corrected chi connectivity index (χ0v) is 11.7. The second kappa shape index (κ2) is 6.99. The number of carbonyl (C=O) groups excluding carboxylic acids is 2. The van der Waals surface area contributed by atoms with E-state index < -0.39 is 17.9 Å². The van der Waals surface area contributed by atoms with Crippen LogP contribution in [0.2, 0.25) is 0 Å². The Morgan fingerprint density at radius 2 is 2.00 bits per heavy atom. The first-order valence-electron chi connectivity index (χ1n) is 6.59. The number of nitrogens with one attached hydrogen (secondary N) is 1. The number of nitrogens with two attached hydrogens (primary N) is 1. The van der Waals surface area contributed by atoms with Gasteiger partial charge in [-0.15, -0.1) is 0 Å². The smallest absolute Gasteiger partial charge is 0.252 e. The van der Waals surface area contributed by atoms with Gasteiger partial charge in [-0.2, -0.15) is 5.26 Å². The Morgan fingerprint density at radius 3 is 2.64 bits per heavy atom. The van der Waals surface area contributed by atoms with E-state index in [2.05, 4.69) is 10.3 Å². The third-order valence-electron chi connectivity index (χ3n) is 3.09. The first-order valence-corrected chi connectivity index (χ1v) is 6.59. The zero-order chi connectivity index (χ0) is 15.9. The molecule has 0 radical (unpaired) electrons. The Kier molecular flexibility index (Phi) is 4.83. The molecule has 0 fully saturated rings. The molecule has 2 aromatic rings. The molecule has 0 aliphatic carbocycles. The van der Waals surface area contributed by atoms with Gasteiger partial charge in [0.1, 0.15) is 6.04 Å². The molecular formula is C16H14N4O2. The quantitative estimate of drug-likeness (QED) is 0.849. The van der Waals surface area contributed by atoms with E-state index in [1.165, 1.54) is 12.4 Å². The Hall–Kier alpha value is -3.20. The lowest BCUT2D eigenvalue weighted by Gasteiger charge is -2.15. The normalized spacial score (nSPS) is 11.2. The summed E-state index contributed by atoms with van der Waals surface area (Å²) in [5.41, 5.74) is 6.98. The highest BCUT2D eigenvalue weighted by atomic mass is 16.2. The summed E-state index contributed by atoms with van der Waals surface area (Å²) in [6, 6.07) is 11.1. The molecule has 22 heavy (non-hydrogen) atoms. The molecule has 0 aliphatic rings. The SMILES string of the molecule is N#Cc1cccc(C[C@@H](NC(=O)c2ccncc2)C(N)=O)c1. The van der Waals surface area contributed by atoms with Gasteiger partial charge < -0.3 is 11.1 Å². The minimum atomic E-state index is -0.852. The van der Waals surface area contributed by atoms with Gasteiger partial charge in [0, 0.05) is 24.4 Å². The lowest BCUT2D eigenvalue weighted by Crippen LogP contribution is -2.45. The second-order valence-corrected chi connectivity index (χ2v) is 4.68. The highest BCUT2D eigenvalue weighted by Crippen LogP contribution is 2.08. The van der Waals surface area contributed by atoms with Crippen LogP contribution in [0.15, 0.2) is 48.8 Å². The van der Waals surface area contributed by atoms with Crippen LogP contribution < -0.4 is 11.1 Å². The fraction of sp³-hybridized carbons (Fsp3) is 0.125. The minimum absolute atomic E-state index is 0.224. The van der Waals surface area contributed by atoms with Crippen molar-refractivity contribution in [2.45, 2.75) is 12.5 Å². The van der Waals surface area contributed by atoms with Crippen molar-refractivity contribution in [3.63, 3.8) is 0 Å². The molecule has 110 valence electrons. The molecule has 3 N–H and O–H groups in total.